The summed E-state index contributed by atoms with van der Waals surface area (Å²) in [5.41, 5.74) is 2.30. The lowest BCUT2D eigenvalue weighted by atomic mass is 10.0. The van der Waals surface area contributed by atoms with E-state index in [4.69, 9.17) is 9.47 Å². The van der Waals surface area contributed by atoms with E-state index in [1.54, 1.807) is 13.4 Å². The molecule has 2 heterocycles. The van der Waals surface area contributed by atoms with Gasteiger partial charge in [0, 0.05) is 25.6 Å². The van der Waals surface area contributed by atoms with Gasteiger partial charge in [-0.2, -0.15) is 0 Å². The van der Waals surface area contributed by atoms with E-state index >= 15 is 0 Å². The SMILES string of the molecule is COC[C@H]1CN(c2ncnc3ccc(C(C)C)cc23)CCO1. The van der Waals surface area contributed by atoms with Crippen LogP contribution in [-0.2, 0) is 9.47 Å². The fourth-order valence-corrected chi connectivity index (χ4v) is 2.87. The smallest absolute Gasteiger partial charge is 0.140 e. The molecule has 0 N–H and O–H groups in total. The summed E-state index contributed by atoms with van der Waals surface area (Å²) in [4.78, 5) is 11.2. The van der Waals surface area contributed by atoms with Crippen molar-refractivity contribution < 1.29 is 9.47 Å². The number of benzene rings is 1. The van der Waals surface area contributed by atoms with Gasteiger partial charge in [-0.15, -0.1) is 0 Å². The summed E-state index contributed by atoms with van der Waals surface area (Å²) in [6.07, 6.45) is 1.74. The lowest BCUT2D eigenvalue weighted by Crippen LogP contribution is -2.44. The van der Waals surface area contributed by atoms with Crippen molar-refractivity contribution in [3.63, 3.8) is 0 Å². The van der Waals surface area contributed by atoms with Gasteiger partial charge in [-0.05, 0) is 23.6 Å². The molecule has 5 nitrogen and oxygen atoms in total. The van der Waals surface area contributed by atoms with E-state index < -0.39 is 0 Å². The van der Waals surface area contributed by atoms with Crippen LogP contribution >= 0.6 is 0 Å². The molecule has 2 aromatic rings. The molecule has 0 aliphatic carbocycles. The zero-order chi connectivity index (χ0) is 15.5. The molecule has 22 heavy (non-hydrogen) atoms. The fraction of sp³-hybridized carbons (Fsp3) is 0.529. The first-order chi connectivity index (χ1) is 10.7. The van der Waals surface area contributed by atoms with Crippen molar-refractivity contribution in [2.75, 3.05) is 38.3 Å². The average Bonchev–Trinajstić information content (AvgIpc) is 2.54. The highest BCUT2D eigenvalue weighted by Gasteiger charge is 2.23. The third-order valence-corrected chi connectivity index (χ3v) is 4.10. The summed E-state index contributed by atoms with van der Waals surface area (Å²) in [6.45, 7) is 7.35. The molecule has 1 aromatic carbocycles. The quantitative estimate of drug-likeness (QED) is 0.868. The predicted octanol–water partition coefficient (Wildman–Crippen LogP) is 2.60. The highest BCUT2D eigenvalue weighted by atomic mass is 16.5. The van der Waals surface area contributed by atoms with Gasteiger partial charge in [0.2, 0.25) is 0 Å². The Morgan fingerprint density at radius 3 is 3.00 bits per heavy atom. The summed E-state index contributed by atoms with van der Waals surface area (Å²) in [5.74, 6) is 1.49. The van der Waals surface area contributed by atoms with Crippen LogP contribution < -0.4 is 4.90 Å². The largest absolute Gasteiger partial charge is 0.382 e. The molecule has 1 aliphatic heterocycles. The van der Waals surface area contributed by atoms with Crippen molar-refractivity contribution in [1.82, 2.24) is 9.97 Å². The van der Waals surface area contributed by atoms with Crippen molar-refractivity contribution in [1.29, 1.82) is 0 Å². The van der Waals surface area contributed by atoms with E-state index in [0.717, 1.165) is 29.8 Å². The second-order valence-corrected chi connectivity index (χ2v) is 6.02. The lowest BCUT2D eigenvalue weighted by Gasteiger charge is -2.33. The monoisotopic (exact) mass is 301 g/mol. The molecule has 1 atom stereocenters. The first-order valence-electron chi connectivity index (χ1n) is 7.79. The maximum atomic E-state index is 5.73. The van der Waals surface area contributed by atoms with E-state index in [0.29, 0.717) is 19.1 Å². The van der Waals surface area contributed by atoms with Gasteiger partial charge in [-0.3, -0.25) is 0 Å². The predicted molar refractivity (Wildman–Crippen MR) is 87.5 cm³/mol. The van der Waals surface area contributed by atoms with Crippen molar-refractivity contribution in [2.45, 2.75) is 25.9 Å². The van der Waals surface area contributed by atoms with E-state index in [-0.39, 0.29) is 6.10 Å². The van der Waals surface area contributed by atoms with Gasteiger partial charge in [0.25, 0.3) is 0 Å². The van der Waals surface area contributed by atoms with E-state index in [2.05, 4.69) is 46.9 Å². The van der Waals surface area contributed by atoms with Crippen LogP contribution in [0.1, 0.15) is 25.3 Å². The molecule has 1 saturated heterocycles. The summed E-state index contributed by atoms with van der Waals surface area (Å²) in [7, 11) is 1.71. The van der Waals surface area contributed by atoms with Gasteiger partial charge in [0.1, 0.15) is 12.1 Å². The second kappa shape index (κ2) is 6.58. The summed E-state index contributed by atoms with van der Waals surface area (Å²) >= 11 is 0. The van der Waals surface area contributed by atoms with Crippen LogP contribution in [0, 0.1) is 0 Å². The first kappa shape index (κ1) is 15.2. The van der Waals surface area contributed by atoms with E-state index in [9.17, 15) is 0 Å². The highest BCUT2D eigenvalue weighted by Crippen LogP contribution is 2.27. The molecule has 0 saturated carbocycles. The number of fused-ring (bicyclic) bond motifs is 1. The van der Waals surface area contributed by atoms with Crippen LogP contribution in [0.4, 0.5) is 5.82 Å². The Kier molecular flexibility index (Phi) is 4.55. The van der Waals surface area contributed by atoms with Gasteiger partial charge in [0.15, 0.2) is 0 Å². The molecule has 118 valence electrons. The third-order valence-electron chi connectivity index (χ3n) is 4.10. The van der Waals surface area contributed by atoms with E-state index in [1.807, 2.05) is 0 Å². The average molecular weight is 301 g/mol. The molecular formula is C17H23N3O2. The summed E-state index contributed by atoms with van der Waals surface area (Å²) in [6, 6.07) is 6.45. The van der Waals surface area contributed by atoms with E-state index in [1.165, 1.54) is 5.56 Å². The van der Waals surface area contributed by atoms with Gasteiger partial charge in [-0.1, -0.05) is 19.9 Å². The molecule has 0 bridgehead atoms. The van der Waals surface area contributed by atoms with Crippen LogP contribution in [0.25, 0.3) is 10.9 Å². The third kappa shape index (κ3) is 3.05. The Balaban J connectivity index is 1.96. The van der Waals surface area contributed by atoms with Crippen LogP contribution in [0.3, 0.4) is 0 Å². The number of methoxy groups -OCH3 is 1. The number of morpholine rings is 1. The minimum absolute atomic E-state index is 0.0945. The van der Waals surface area contributed by atoms with Crippen LogP contribution in [-0.4, -0.2) is 49.5 Å². The number of aromatic nitrogens is 2. The van der Waals surface area contributed by atoms with Crippen molar-refractivity contribution in [3.8, 4) is 0 Å². The maximum absolute atomic E-state index is 5.73. The van der Waals surface area contributed by atoms with Gasteiger partial charge in [-0.25, -0.2) is 9.97 Å². The van der Waals surface area contributed by atoms with Crippen LogP contribution in [0.15, 0.2) is 24.5 Å². The molecule has 5 heteroatoms. The molecule has 0 radical (unpaired) electrons. The standard InChI is InChI=1S/C17H23N3O2/c1-12(2)13-4-5-16-15(8-13)17(19-11-18-16)20-6-7-22-14(9-20)10-21-3/h4-5,8,11-12,14H,6-7,9-10H2,1-3H3/t14-/m1/s1. The minimum atomic E-state index is 0.0945. The lowest BCUT2D eigenvalue weighted by molar-refractivity contribution is -0.0101. The zero-order valence-electron chi connectivity index (χ0n) is 13.5. The first-order valence-corrected chi connectivity index (χ1v) is 7.79. The van der Waals surface area contributed by atoms with Crippen LogP contribution in [0.2, 0.25) is 0 Å². The Morgan fingerprint density at radius 1 is 1.36 bits per heavy atom. The summed E-state index contributed by atoms with van der Waals surface area (Å²) < 4.78 is 11.0. The van der Waals surface area contributed by atoms with Gasteiger partial charge >= 0.3 is 0 Å². The number of anilines is 1. The minimum Gasteiger partial charge on any atom is -0.382 e. The number of ether oxygens (including phenoxy) is 2. The second-order valence-electron chi connectivity index (χ2n) is 6.02. The highest BCUT2D eigenvalue weighted by molar-refractivity contribution is 5.90. The molecule has 1 aliphatic rings. The van der Waals surface area contributed by atoms with Gasteiger partial charge in [0.05, 0.1) is 24.8 Å². The van der Waals surface area contributed by atoms with Crippen molar-refractivity contribution in [2.24, 2.45) is 0 Å². The Hall–Kier alpha value is -1.72. The van der Waals surface area contributed by atoms with Crippen LogP contribution in [0.5, 0.6) is 0 Å². The molecule has 0 unspecified atom stereocenters. The zero-order valence-corrected chi connectivity index (χ0v) is 13.5. The van der Waals surface area contributed by atoms with Crippen molar-refractivity contribution >= 4 is 16.7 Å². The Labute approximate surface area is 131 Å². The molecule has 0 spiro atoms. The molecule has 0 amide bonds. The maximum Gasteiger partial charge on any atom is 0.140 e. The van der Waals surface area contributed by atoms with Gasteiger partial charge < -0.3 is 14.4 Å². The molecular weight excluding hydrogens is 278 g/mol. The summed E-state index contributed by atoms with van der Waals surface area (Å²) in [5, 5.41) is 1.12. The molecule has 1 fully saturated rings. The number of rotatable bonds is 4. The normalized spacial score (nSPS) is 19.1. The Bertz CT molecular complexity index is 643. The number of hydrogen-bond donors (Lipinski definition) is 0. The van der Waals surface area contributed by atoms with Crippen molar-refractivity contribution in [3.05, 3.63) is 30.1 Å². The topological polar surface area (TPSA) is 47.5 Å². The number of hydrogen-bond acceptors (Lipinski definition) is 5. The fourth-order valence-electron chi connectivity index (χ4n) is 2.87. The Morgan fingerprint density at radius 2 is 2.23 bits per heavy atom. The number of nitrogens with zero attached hydrogens (tertiary/aromatic N) is 3. The molecule has 3 rings (SSSR count). The molecule has 1 aromatic heterocycles.